The molecule has 1 N–H and O–H groups in total. The summed E-state index contributed by atoms with van der Waals surface area (Å²) in [6.45, 7) is 2.70. The molecule has 0 unspecified atom stereocenters. The van der Waals surface area contributed by atoms with Crippen molar-refractivity contribution in [3.05, 3.63) is 69.6 Å². The molecular formula is C21H19ClN2O3S2. The molecule has 2 amide bonds. The van der Waals surface area contributed by atoms with Gasteiger partial charge in [0.15, 0.2) is 4.32 Å². The van der Waals surface area contributed by atoms with E-state index in [2.05, 4.69) is 12.3 Å². The zero-order chi connectivity index (χ0) is 20.8. The minimum absolute atomic E-state index is 0.251. The third-order valence-electron chi connectivity index (χ3n) is 4.05. The first-order valence-electron chi connectivity index (χ1n) is 9.06. The lowest BCUT2D eigenvalue weighted by Crippen LogP contribution is -2.44. The van der Waals surface area contributed by atoms with E-state index in [0.717, 1.165) is 35.2 Å². The maximum atomic E-state index is 12.8. The minimum Gasteiger partial charge on any atom is -0.493 e. The molecule has 1 aliphatic rings. The first kappa shape index (κ1) is 21.4. The smallest absolute Gasteiger partial charge is 0.285 e. The lowest BCUT2D eigenvalue weighted by Gasteiger charge is -2.15. The summed E-state index contributed by atoms with van der Waals surface area (Å²) in [6.07, 6.45) is 3.71. The predicted molar refractivity (Wildman–Crippen MR) is 121 cm³/mol. The molecule has 1 aliphatic heterocycles. The SMILES string of the molecule is CCCCOc1ccccc1/C=C1/SC(=S)N(NC(=O)c2cccc(Cl)c2)C1=O. The van der Waals surface area contributed by atoms with Crippen molar-refractivity contribution in [1.82, 2.24) is 10.4 Å². The van der Waals surface area contributed by atoms with E-state index in [0.29, 0.717) is 27.8 Å². The van der Waals surface area contributed by atoms with Crippen LogP contribution in [-0.2, 0) is 4.79 Å². The number of unbranched alkanes of at least 4 members (excludes halogenated alkanes) is 1. The largest absolute Gasteiger partial charge is 0.493 e. The van der Waals surface area contributed by atoms with Crippen molar-refractivity contribution in [3.63, 3.8) is 0 Å². The van der Waals surface area contributed by atoms with E-state index in [9.17, 15) is 9.59 Å². The summed E-state index contributed by atoms with van der Waals surface area (Å²) in [5.74, 6) is -0.152. The number of nitrogens with one attached hydrogen (secondary N) is 1. The van der Waals surface area contributed by atoms with Crippen LogP contribution in [0.1, 0.15) is 35.7 Å². The Morgan fingerprint density at radius 2 is 2.07 bits per heavy atom. The molecule has 3 rings (SSSR count). The van der Waals surface area contributed by atoms with Gasteiger partial charge in [-0.05, 0) is 49.0 Å². The zero-order valence-corrected chi connectivity index (χ0v) is 18.1. The standard InChI is InChI=1S/C21H19ClN2O3S2/c1-2-3-11-27-17-10-5-4-7-14(17)13-18-20(26)24(21(28)29-18)23-19(25)15-8-6-9-16(22)12-15/h4-10,12-13H,2-3,11H2,1H3,(H,23,25)/b18-13+. The second-order valence-electron chi connectivity index (χ2n) is 6.21. The van der Waals surface area contributed by atoms with Crippen LogP contribution in [0.4, 0.5) is 0 Å². The van der Waals surface area contributed by atoms with Crippen LogP contribution in [0.3, 0.4) is 0 Å². The summed E-state index contributed by atoms with van der Waals surface area (Å²) in [5, 5.41) is 1.51. The molecule has 8 heteroatoms. The van der Waals surface area contributed by atoms with Crippen molar-refractivity contribution in [1.29, 1.82) is 0 Å². The van der Waals surface area contributed by atoms with Gasteiger partial charge in [0, 0.05) is 16.1 Å². The van der Waals surface area contributed by atoms with Gasteiger partial charge in [-0.1, -0.05) is 61.0 Å². The number of hydrogen-bond acceptors (Lipinski definition) is 5. The fourth-order valence-electron chi connectivity index (χ4n) is 2.56. The first-order chi connectivity index (χ1) is 14.0. The number of hydrazine groups is 1. The van der Waals surface area contributed by atoms with Crippen LogP contribution in [0.25, 0.3) is 6.08 Å². The third kappa shape index (κ3) is 5.38. The number of nitrogens with zero attached hydrogens (tertiary/aromatic N) is 1. The van der Waals surface area contributed by atoms with Crippen LogP contribution in [0.5, 0.6) is 5.75 Å². The summed E-state index contributed by atoms with van der Waals surface area (Å²) in [7, 11) is 0. The molecule has 0 spiro atoms. The van der Waals surface area contributed by atoms with E-state index < -0.39 is 11.8 Å². The molecular weight excluding hydrogens is 428 g/mol. The fraction of sp³-hybridized carbons (Fsp3) is 0.190. The molecule has 0 atom stereocenters. The monoisotopic (exact) mass is 446 g/mol. The molecule has 1 heterocycles. The lowest BCUT2D eigenvalue weighted by molar-refractivity contribution is -0.123. The minimum atomic E-state index is -0.464. The molecule has 150 valence electrons. The number of para-hydroxylation sites is 1. The molecule has 0 aliphatic carbocycles. The van der Waals surface area contributed by atoms with Gasteiger partial charge in [0.25, 0.3) is 11.8 Å². The highest BCUT2D eigenvalue weighted by molar-refractivity contribution is 8.26. The number of carbonyl (C=O) groups excluding carboxylic acids is 2. The van der Waals surface area contributed by atoms with Crippen molar-refractivity contribution >= 4 is 57.8 Å². The average Bonchev–Trinajstić information content (AvgIpc) is 2.97. The second-order valence-corrected chi connectivity index (χ2v) is 8.32. The van der Waals surface area contributed by atoms with Crippen LogP contribution in [0, 0.1) is 0 Å². The molecule has 1 saturated heterocycles. The Labute approximate surface area is 184 Å². The molecule has 5 nitrogen and oxygen atoms in total. The quantitative estimate of drug-likeness (QED) is 0.365. The molecule has 0 saturated carbocycles. The van der Waals surface area contributed by atoms with Gasteiger partial charge in [-0.3, -0.25) is 15.0 Å². The number of thioether (sulfide) groups is 1. The van der Waals surface area contributed by atoms with Gasteiger partial charge in [-0.25, -0.2) is 0 Å². The van der Waals surface area contributed by atoms with Crippen LogP contribution in [-0.4, -0.2) is 27.8 Å². The van der Waals surface area contributed by atoms with Crippen LogP contribution in [0.15, 0.2) is 53.4 Å². The number of amides is 2. The predicted octanol–water partition coefficient (Wildman–Crippen LogP) is 5.07. The van der Waals surface area contributed by atoms with Gasteiger partial charge in [-0.15, -0.1) is 0 Å². The Bertz CT molecular complexity index is 978. The van der Waals surface area contributed by atoms with E-state index in [1.165, 1.54) is 6.07 Å². The number of rotatable bonds is 7. The summed E-state index contributed by atoms with van der Waals surface area (Å²) in [6, 6.07) is 14.0. The molecule has 2 aromatic carbocycles. The van der Waals surface area contributed by atoms with Crippen molar-refractivity contribution in [2.75, 3.05) is 6.61 Å². The summed E-state index contributed by atoms with van der Waals surface area (Å²) >= 11 is 12.3. The summed E-state index contributed by atoms with van der Waals surface area (Å²) in [4.78, 5) is 25.6. The Kier molecular flexibility index (Phi) is 7.30. The van der Waals surface area contributed by atoms with Crippen LogP contribution in [0.2, 0.25) is 5.02 Å². The van der Waals surface area contributed by atoms with Gasteiger partial charge in [-0.2, -0.15) is 5.01 Å². The van der Waals surface area contributed by atoms with E-state index in [4.69, 9.17) is 28.6 Å². The number of halogens is 1. The average molecular weight is 447 g/mol. The molecule has 0 bridgehead atoms. The van der Waals surface area contributed by atoms with E-state index in [-0.39, 0.29) is 4.32 Å². The van der Waals surface area contributed by atoms with Crippen molar-refractivity contribution in [3.8, 4) is 5.75 Å². The second kappa shape index (κ2) is 9.91. The summed E-state index contributed by atoms with van der Waals surface area (Å²) in [5.41, 5.74) is 3.67. The van der Waals surface area contributed by atoms with E-state index in [1.807, 2.05) is 24.3 Å². The zero-order valence-electron chi connectivity index (χ0n) is 15.7. The normalized spacial score (nSPS) is 15.1. The van der Waals surface area contributed by atoms with Crippen LogP contribution >= 0.6 is 35.6 Å². The van der Waals surface area contributed by atoms with Gasteiger partial charge in [0.1, 0.15) is 5.75 Å². The summed E-state index contributed by atoms with van der Waals surface area (Å²) < 4.78 is 6.07. The fourth-order valence-corrected chi connectivity index (χ4v) is 3.92. The molecule has 0 aromatic heterocycles. The van der Waals surface area contributed by atoms with Crippen LogP contribution < -0.4 is 10.2 Å². The maximum Gasteiger partial charge on any atom is 0.285 e. The number of thiocarbonyl (C=S) groups is 1. The first-order valence-corrected chi connectivity index (χ1v) is 10.7. The Balaban J connectivity index is 1.76. The van der Waals surface area contributed by atoms with Crippen molar-refractivity contribution < 1.29 is 14.3 Å². The maximum absolute atomic E-state index is 12.8. The molecule has 2 aromatic rings. The Morgan fingerprint density at radius 1 is 1.28 bits per heavy atom. The van der Waals surface area contributed by atoms with Gasteiger partial charge in [0.05, 0.1) is 11.5 Å². The van der Waals surface area contributed by atoms with Crippen molar-refractivity contribution in [2.24, 2.45) is 0 Å². The Morgan fingerprint density at radius 3 is 2.83 bits per heavy atom. The number of ether oxygens (including phenoxy) is 1. The van der Waals surface area contributed by atoms with Crippen molar-refractivity contribution in [2.45, 2.75) is 19.8 Å². The van der Waals surface area contributed by atoms with E-state index in [1.54, 1.807) is 24.3 Å². The number of carbonyl (C=O) groups is 2. The highest BCUT2D eigenvalue weighted by Crippen LogP contribution is 2.33. The number of hydrogen-bond donors (Lipinski definition) is 1. The topological polar surface area (TPSA) is 58.6 Å². The van der Waals surface area contributed by atoms with Gasteiger partial charge >= 0.3 is 0 Å². The molecule has 1 fully saturated rings. The number of benzene rings is 2. The Hall–Kier alpha value is -2.35. The van der Waals surface area contributed by atoms with Gasteiger partial charge in [0.2, 0.25) is 0 Å². The molecule has 29 heavy (non-hydrogen) atoms. The highest BCUT2D eigenvalue weighted by atomic mass is 35.5. The highest BCUT2D eigenvalue weighted by Gasteiger charge is 2.34. The lowest BCUT2D eigenvalue weighted by atomic mass is 10.2. The molecule has 0 radical (unpaired) electrons. The van der Waals surface area contributed by atoms with Gasteiger partial charge < -0.3 is 4.74 Å². The van der Waals surface area contributed by atoms with E-state index >= 15 is 0 Å². The third-order valence-corrected chi connectivity index (χ3v) is 5.59.